The highest BCUT2D eigenvalue weighted by Crippen LogP contribution is 2.31. The first-order valence-corrected chi connectivity index (χ1v) is 7.93. The summed E-state index contributed by atoms with van der Waals surface area (Å²) in [5.41, 5.74) is 2.88. The number of para-hydroxylation sites is 1. The Kier molecular flexibility index (Phi) is 3.16. The van der Waals surface area contributed by atoms with Crippen molar-refractivity contribution in [2.45, 2.75) is 11.4 Å². The molecule has 1 aromatic heterocycles. The van der Waals surface area contributed by atoms with Gasteiger partial charge in [0.05, 0.1) is 12.2 Å². The van der Waals surface area contributed by atoms with Crippen LogP contribution in [0.1, 0.15) is 4.88 Å². The molecule has 104 valence electrons. The van der Waals surface area contributed by atoms with Crippen LogP contribution in [0, 0.1) is 0 Å². The minimum atomic E-state index is -3.57. The molecule has 0 unspecified atom stereocenters. The van der Waals surface area contributed by atoms with Gasteiger partial charge in [-0.2, -0.15) is 0 Å². The number of anilines is 1. The number of hydrazine groups is 1. The number of aromatic nitrogens is 1. The molecule has 1 aliphatic rings. The number of nitrogens with zero attached hydrogens (tertiary/aromatic N) is 3. The normalized spacial score (nSPS) is 15.9. The lowest BCUT2D eigenvalue weighted by molar-refractivity contribution is 0.523. The molecule has 0 fully saturated rings. The minimum absolute atomic E-state index is 0.180. The lowest BCUT2D eigenvalue weighted by Crippen LogP contribution is -2.31. The maximum atomic E-state index is 12.5. The Labute approximate surface area is 119 Å². The molecule has 2 aromatic rings. The van der Waals surface area contributed by atoms with Gasteiger partial charge in [-0.15, -0.1) is 0 Å². The molecule has 20 heavy (non-hydrogen) atoms. The Balaban J connectivity index is 1.93. The first-order chi connectivity index (χ1) is 9.61. The maximum absolute atomic E-state index is 12.5. The fourth-order valence-electron chi connectivity index (χ4n) is 1.82. The molecule has 3 rings (SSSR count). The molecule has 0 amide bonds. The molecule has 1 aromatic carbocycles. The zero-order chi connectivity index (χ0) is 14.2. The summed E-state index contributed by atoms with van der Waals surface area (Å²) in [6.45, 7) is 0.180. The molecular weight excluding hydrogens is 298 g/mol. The Morgan fingerprint density at radius 2 is 2.15 bits per heavy atom. The molecule has 0 saturated heterocycles. The molecule has 9 heteroatoms. The van der Waals surface area contributed by atoms with Gasteiger partial charge >= 0.3 is 0 Å². The van der Waals surface area contributed by atoms with E-state index in [1.807, 2.05) is 0 Å². The van der Waals surface area contributed by atoms with Crippen LogP contribution in [0.4, 0.5) is 10.8 Å². The molecule has 0 spiro atoms. The highest BCUT2D eigenvalue weighted by Gasteiger charge is 2.28. The lowest BCUT2D eigenvalue weighted by Gasteiger charge is -2.23. The predicted octanol–water partition coefficient (Wildman–Crippen LogP) is 1.29. The molecule has 2 heterocycles. The Bertz CT molecular complexity index is 769. The number of nitrogens with one attached hydrogen (secondary N) is 1. The largest absolute Gasteiger partial charge is 0.300 e. The molecule has 0 atom stereocenters. The van der Waals surface area contributed by atoms with Gasteiger partial charge in [0.15, 0.2) is 5.13 Å². The lowest BCUT2D eigenvalue weighted by atomic mass is 10.3. The van der Waals surface area contributed by atoms with E-state index >= 15 is 0 Å². The van der Waals surface area contributed by atoms with Crippen LogP contribution in [0.15, 0.2) is 40.4 Å². The molecule has 3 N–H and O–H groups in total. The average molecular weight is 309 g/mol. The first kappa shape index (κ1) is 13.0. The molecule has 0 radical (unpaired) electrons. The van der Waals surface area contributed by atoms with Crippen LogP contribution in [0.5, 0.6) is 0 Å². The number of nitrogen functional groups attached to an aromatic ring is 1. The summed E-state index contributed by atoms with van der Waals surface area (Å²) >= 11 is 1.29. The van der Waals surface area contributed by atoms with E-state index in [-0.39, 0.29) is 11.4 Å². The molecular formula is C11H11N5O2S2. The summed E-state index contributed by atoms with van der Waals surface area (Å²) in [4.78, 5) is 9.15. The van der Waals surface area contributed by atoms with Crippen molar-refractivity contribution in [3.8, 4) is 0 Å². The molecule has 1 aliphatic heterocycles. The molecule has 7 nitrogen and oxygen atoms in total. The molecule has 0 aliphatic carbocycles. The topological polar surface area (TPSA) is 101 Å². The van der Waals surface area contributed by atoms with E-state index in [0.717, 1.165) is 4.88 Å². The average Bonchev–Trinajstić information content (AvgIpc) is 2.90. The number of rotatable bonds is 3. The van der Waals surface area contributed by atoms with E-state index in [9.17, 15) is 8.42 Å². The third-order valence-corrected chi connectivity index (χ3v) is 5.42. The van der Waals surface area contributed by atoms with Crippen molar-refractivity contribution in [3.05, 3.63) is 35.3 Å². The number of hydrogen-bond donors (Lipinski definition) is 2. The smallest absolute Gasteiger partial charge is 0.267 e. The number of thiazole rings is 1. The van der Waals surface area contributed by atoms with E-state index in [0.29, 0.717) is 10.8 Å². The fourth-order valence-corrected chi connectivity index (χ4v) is 4.00. The van der Waals surface area contributed by atoms with Crippen LogP contribution in [0.2, 0.25) is 0 Å². The Morgan fingerprint density at radius 3 is 2.90 bits per heavy atom. The fraction of sp³-hybridized carbons (Fsp3) is 0.0909. The number of fused-ring (bicyclic) bond motifs is 1. The third-order valence-electron chi connectivity index (χ3n) is 2.77. The van der Waals surface area contributed by atoms with Crippen molar-refractivity contribution in [1.82, 2.24) is 9.29 Å². The summed E-state index contributed by atoms with van der Waals surface area (Å²) in [5.74, 6) is 5.25. The second-order valence-electron chi connectivity index (χ2n) is 4.04. The molecule has 0 saturated carbocycles. The monoisotopic (exact) mass is 309 g/mol. The summed E-state index contributed by atoms with van der Waals surface area (Å²) in [7, 11) is -3.57. The number of nitrogens with two attached hydrogens (primary N) is 1. The van der Waals surface area contributed by atoms with Gasteiger partial charge in [0, 0.05) is 11.1 Å². The van der Waals surface area contributed by atoms with Gasteiger partial charge in [0.2, 0.25) is 0 Å². The van der Waals surface area contributed by atoms with Gasteiger partial charge in [-0.3, -0.25) is 9.73 Å². The van der Waals surface area contributed by atoms with Crippen LogP contribution in [0.25, 0.3) is 0 Å². The van der Waals surface area contributed by atoms with Crippen molar-refractivity contribution in [2.24, 2.45) is 10.8 Å². The van der Waals surface area contributed by atoms with Crippen molar-refractivity contribution in [2.75, 3.05) is 5.43 Å². The summed E-state index contributed by atoms with van der Waals surface area (Å²) < 4.78 is 26.1. The van der Waals surface area contributed by atoms with E-state index in [2.05, 4.69) is 15.4 Å². The van der Waals surface area contributed by atoms with Crippen LogP contribution in [-0.4, -0.2) is 24.0 Å². The number of aliphatic imine (C=N–C) groups is 1. The van der Waals surface area contributed by atoms with Crippen molar-refractivity contribution in [3.63, 3.8) is 0 Å². The summed E-state index contributed by atoms with van der Waals surface area (Å²) in [5, 5.41) is 0.534. The molecule has 0 bridgehead atoms. The minimum Gasteiger partial charge on any atom is -0.300 e. The Hall–Kier alpha value is -1.97. The Morgan fingerprint density at radius 1 is 1.35 bits per heavy atom. The highest BCUT2D eigenvalue weighted by molar-refractivity contribution is 7.89. The van der Waals surface area contributed by atoms with Crippen LogP contribution >= 0.6 is 11.3 Å². The SMILES string of the molecule is NNc1ncc(CN2C=Nc3ccccc3S2(=O)=O)s1. The van der Waals surface area contributed by atoms with Crippen LogP contribution < -0.4 is 11.3 Å². The summed E-state index contributed by atoms with van der Waals surface area (Å²) in [6, 6.07) is 6.65. The number of hydrogen-bond acceptors (Lipinski definition) is 7. The van der Waals surface area contributed by atoms with Crippen molar-refractivity contribution < 1.29 is 8.42 Å². The second-order valence-corrected chi connectivity index (χ2v) is 7.01. The van der Waals surface area contributed by atoms with Gasteiger partial charge in [-0.05, 0) is 12.1 Å². The van der Waals surface area contributed by atoms with E-state index in [1.165, 1.54) is 22.0 Å². The van der Waals surface area contributed by atoms with Gasteiger partial charge in [0.1, 0.15) is 11.2 Å². The highest BCUT2D eigenvalue weighted by atomic mass is 32.2. The standard InChI is InChI=1S/C11H11N5O2S2/c12-15-11-13-5-8(19-11)6-16-7-14-9-3-1-2-4-10(9)20(16,17)18/h1-5,7H,6,12H2,(H,13,15). The number of benzene rings is 1. The van der Waals surface area contributed by atoms with Gasteiger partial charge < -0.3 is 0 Å². The quantitative estimate of drug-likeness (QED) is 0.657. The second kappa shape index (κ2) is 4.85. The predicted molar refractivity (Wildman–Crippen MR) is 77.2 cm³/mol. The zero-order valence-corrected chi connectivity index (χ0v) is 11.9. The zero-order valence-electron chi connectivity index (χ0n) is 10.2. The van der Waals surface area contributed by atoms with Gasteiger partial charge in [-0.25, -0.2) is 24.2 Å². The van der Waals surface area contributed by atoms with Crippen LogP contribution in [0.3, 0.4) is 0 Å². The van der Waals surface area contributed by atoms with E-state index < -0.39 is 10.0 Å². The number of sulfonamides is 1. The maximum Gasteiger partial charge on any atom is 0.267 e. The van der Waals surface area contributed by atoms with Gasteiger partial charge in [0.25, 0.3) is 10.0 Å². The first-order valence-electron chi connectivity index (χ1n) is 5.67. The van der Waals surface area contributed by atoms with Gasteiger partial charge in [-0.1, -0.05) is 23.5 Å². The summed E-state index contributed by atoms with van der Waals surface area (Å²) in [6.07, 6.45) is 2.91. The third kappa shape index (κ3) is 2.15. The van der Waals surface area contributed by atoms with Crippen molar-refractivity contribution >= 4 is 38.5 Å². The van der Waals surface area contributed by atoms with Crippen molar-refractivity contribution in [1.29, 1.82) is 0 Å². The van der Waals surface area contributed by atoms with Crippen LogP contribution in [-0.2, 0) is 16.6 Å². The van der Waals surface area contributed by atoms with E-state index in [4.69, 9.17) is 5.84 Å². The van der Waals surface area contributed by atoms with E-state index in [1.54, 1.807) is 30.5 Å².